The number of allylic oxidation sites excluding steroid dienone is 9. The maximum Gasteiger partial charge on any atom is 0.0991 e. The van der Waals surface area contributed by atoms with Gasteiger partial charge in [-0.15, -0.1) is 0 Å². The molecule has 4 aliphatic rings. The zero-order valence-corrected chi connectivity index (χ0v) is 17.7. The van der Waals surface area contributed by atoms with E-state index in [4.69, 9.17) is 0 Å². The zero-order valence-electron chi connectivity index (χ0n) is 17.7. The van der Waals surface area contributed by atoms with Gasteiger partial charge in [-0.3, -0.25) is 0 Å². The van der Waals surface area contributed by atoms with Crippen LogP contribution in [0.3, 0.4) is 0 Å². The highest BCUT2D eigenvalue weighted by molar-refractivity contribution is 5.88. The molecule has 1 aromatic rings. The Labute approximate surface area is 188 Å². The SMILES string of the molecule is C=CC1=C(C=C)C2(C3=C(CC#CC/C(C#N)=C\3)c3ccc(C#N)cc32)C2C=CC=CC2N1. The minimum absolute atomic E-state index is 0.0352. The lowest BCUT2D eigenvalue weighted by Crippen LogP contribution is -2.52. The number of nitriles is 2. The van der Waals surface area contributed by atoms with Gasteiger partial charge in [-0.05, 0) is 52.1 Å². The maximum atomic E-state index is 9.83. The van der Waals surface area contributed by atoms with Crippen LogP contribution in [0.1, 0.15) is 29.5 Å². The van der Waals surface area contributed by atoms with Gasteiger partial charge >= 0.3 is 0 Å². The van der Waals surface area contributed by atoms with Crippen molar-refractivity contribution in [2.24, 2.45) is 5.92 Å². The van der Waals surface area contributed by atoms with E-state index < -0.39 is 5.41 Å². The second kappa shape index (κ2) is 7.46. The molecule has 152 valence electrons. The first-order chi connectivity index (χ1) is 15.7. The quantitative estimate of drug-likeness (QED) is 0.685. The molecule has 1 N–H and O–H groups in total. The van der Waals surface area contributed by atoms with Gasteiger partial charge < -0.3 is 5.32 Å². The Kier molecular flexibility index (Phi) is 4.59. The van der Waals surface area contributed by atoms with Gasteiger partial charge in [-0.25, -0.2) is 0 Å². The van der Waals surface area contributed by atoms with Crippen molar-refractivity contribution in [3.63, 3.8) is 0 Å². The molecule has 0 amide bonds. The van der Waals surface area contributed by atoms with Gasteiger partial charge in [0.2, 0.25) is 0 Å². The number of fused-ring (bicyclic) bond motifs is 6. The average Bonchev–Trinajstić information content (AvgIpc) is 3.06. The molecule has 0 radical (unpaired) electrons. The normalized spacial score (nSPS) is 28.4. The largest absolute Gasteiger partial charge is 0.378 e. The monoisotopic (exact) mass is 411 g/mol. The number of rotatable bonds is 2. The summed E-state index contributed by atoms with van der Waals surface area (Å²) in [6, 6.07) is 10.6. The second-order valence-electron chi connectivity index (χ2n) is 8.26. The lowest BCUT2D eigenvalue weighted by Gasteiger charge is -2.49. The number of nitrogens with zero attached hydrogens (tertiary/aromatic N) is 2. The van der Waals surface area contributed by atoms with Crippen molar-refractivity contribution in [3.05, 3.63) is 113 Å². The van der Waals surface area contributed by atoms with Crippen LogP contribution in [0.25, 0.3) is 5.57 Å². The van der Waals surface area contributed by atoms with Crippen molar-refractivity contribution in [2.45, 2.75) is 24.3 Å². The predicted octanol–water partition coefficient (Wildman–Crippen LogP) is 5.15. The van der Waals surface area contributed by atoms with Crippen LogP contribution >= 0.6 is 0 Å². The Morgan fingerprint density at radius 2 is 1.88 bits per heavy atom. The standard InChI is InChI=1S/C29H21N3/c1-3-23-27(4-2)32-28-12-8-7-11-24(28)29(23)25-15-19(17-30)9-5-6-10-21(25)22-14-13-20(18-31)16-26(22)29/h3-4,7-8,11-16,24,28,32H,1-2,9-10H2/b19-15+. The molecular formula is C29H21N3. The number of hydrogen-bond donors (Lipinski definition) is 1. The predicted molar refractivity (Wildman–Crippen MR) is 127 cm³/mol. The van der Waals surface area contributed by atoms with E-state index in [1.165, 1.54) is 0 Å². The van der Waals surface area contributed by atoms with Gasteiger partial charge in [0.05, 0.1) is 29.2 Å². The van der Waals surface area contributed by atoms with Crippen LogP contribution < -0.4 is 5.32 Å². The molecule has 3 heteroatoms. The van der Waals surface area contributed by atoms with E-state index in [0.717, 1.165) is 33.5 Å². The minimum Gasteiger partial charge on any atom is -0.378 e. The summed E-state index contributed by atoms with van der Waals surface area (Å²) in [4.78, 5) is 0. The molecule has 0 aromatic heterocycles. The van der Waals surface area contributed by atoms with Crippen molar-refractivity contribution < 1.29 is 0 Å². The summed E-state index contributed by atoms with van der Waals surface area (Å²) in [6.07, 6.45) is 15.3. The van der Waals surface area contributed by atoms with E-state index >= 15 is 0 Å². The average molecular weight is 412 g/mol. The minimum atomic E-state index is -0.596. The van der Waals surface area contributed by atoms with Crippen LogP contribution in [-0.4, -0.2) is 6.04 Å². The van der Waals surface area contributed by atoms with Crippen LogP contribution in [0.2, 0.25) is 0 Å². The first kappa shape index (κ1) is 19.7. The third-order valence-corrected chi connectivity index (χ3v) is 6.86. The Bertz CT molecular complexity index is 1370. The highest BCUT2D eigenvalue weighted by Gasteiger charge is 2.55. The van der Waals surface area contributed by atoms with E-state index in [1.54, 1.807) is 0 Å². The number of hydrogen-bond acceptors (Lipinski definition) is 3. The Morgan fingerprint density at radius 3 is 2.62 bits per heavy atom. The van der Waals surface area contributed by atoms with E-state index in [1.807, 2.05) is 36.4 Å². The molecule has 3 unspecified atom stereocenters. The molecule has 0 bridgehead atoms. The maximum absolute atomic E-state index is 9.83. The zero-order chi connectivity index (χ0) is 22.3. The third kappa shape index (κ3) is 2.54. The van der Waals surface area contributed by atoms with Crippen LogP contribution in [0.5, 0.6) is 0 Å². The molecule has 5 rings (SSSR count). The molecule has 32 heavy (non-hydrogen) atoms. The lowest BCUT2D eigenvalue weighted by molar-refractivity contribution is 0.353. The second-order valence-corrected chi connectivity index (χ2v) is 8.26. The summed E-state index contributed by atoms with van der Waals surface area (Å²) in [7, 11) is 0. The topological polar surface area (TPSA) is 59.6 Å². The summed E-state index contributed by atoms with van der Waals surface area (Å²) in [5.41, 5.74) is 6.96. The van der Waals surface area contributed by atoms with Gasteiger partial charge in [-0.2, -0.15) is 10.5 Å². The Balaban J connectivity index is 1.97. The fourth-order valence-electron chi connectivity index (χ4n) is 5.63. The smallest absolute Gasteiger partial charge is 0.0991 e. The highest BCUT2D eigenvalue weighted by atomic mass is 15.0. The van der Waals surface area contributed by atoms with Gasteiger partial charge in [-0.1, -0.05) is 61.4 Å². The van der Waals surface area contributed by atoms with E-state index in [9.17, 15) is 10.5 Å². The summed E-state index contributed by atoms with van der Waals surface area (Å²) in [6.45, 7) is 8.25. The van der Waals surface area contributed by atoms with Crippen molar-refractivity contribution in [1.82, 2.24) is 5.32 Å². The highest BCUT2D eigenvalue weighted by Crippen LogP contribution is 2.60. The van der Waals surface area contributed by atoms with Crippen molar-refractivity contribution in [3.8, 4) is 24.0 Å². The van der Waals surface area contributed by atoms with E-state index in [2.05, 4.69) is 66.8 Å². The Hall–Kier alpha value is -4.26. The van der Waals surface area contributed by atoms with Gasteiger partial charge in [0, 0.05) is 30.0 Å². The fraction of sp³-hybridized carbons (Fsp3) is 0.172. The van der Waals surface area contributed by atoms with Crippen LogP contribution in [0.4, 0.5) is 0 Å². The summed E-state index contributed by atoms with van der Waals surface area (Å²) in [5, 5.41) is 23.2. The molecule has 0 saturated carbocycles. The summed E-state index contributed by atoms with van der Waals surface area (Å²) < 4.78 is 0. The first-order valence-corrected chi connectivity index (χ1v) is 10.6. The molecule has 0 fully saturated rings. The first-order valence-electron chi connectivity index (χ1n) is 10.6. The molecular weight excluding hydrogens is 390 g/mol. The molecule has 0 saturated heterocycles. The van der Waals surface area contributed by atoms with Crippen molar-refractivity contribution >= 4 is 5.57 Å². The molecule has 3 aliphatic carbocycles. The third-order valence-electron chi connectivity index (χ3n) is 6.86. The number of nitrogens with one attached hydrogen (secondary N) is 1. The number of benzene rings is 1. The van der Waals surface area contributed by atoms with Crippen molar-refractivity contribution in [1.29, 1.82) is 10.5 Å². The van der Waals surface area contributed by atoms with Crippen molar-refractivity contribution in [2.75, 3.05) is 0 Å². The van der Waals surface area contributed by atoms with E-state index in [-0.39, 0.29) is 12.0 Å². The molecule has 1 heterocycles. The Morgan fingerprint density at radius 1 is 1.06 bits per heavy atom. The van der Waals surface area contributed by atoms with Gasteiger partial charge in [0.25, 0.3) is 0 Å². The van der Waals surface area contributed by atoms with Crippen LogP contribution in [0.15, 0.2) is 96.3 Å². The summed E-state index contributed by atoms with van der Waals surface area (Å²) in [5.74, 6) is 6.44. The van der Waals surface area contributed by atoms with Crippen LogP contribution in [-0.2, 0) is 5.41 Å². The molecule has 3 nitrogen and oxygen atoms in total. The molecule has 1 aliphatic heterocycles. The fourth-order valence-corrected chi connectivity index (χ4v) is 5.63. The van der Waals surface area contributed by atoms with Gasteiger partial charge in [0.1, 0.15) is 0 Å². The van der Waals surface area contributed by atoms with E-state index in [0.29, 0.717) is 24.0 Å². The molecule has 1 spiro atoms. The molecule has 3 atom stereocenters. The van der Waals surface area contributed by atoms with Crippen LogP contribution in [0, 0.1) is 40.4 Å². The van der Waals surface area contributed by atoms with Gasteiger partial charge in [0.15, 0.2) is 0 Å². The molecule has 1 aromatic carbocycles. The lowest BCUT2D eigenvalue weighted by atomic mass is 9.57. The summed E-state index contributed by atoms with van der Waals surface area (Å²) >= 11 is 0.